The van der Waals surface area contributed by atoms with Gasteiger partial charge in [0.25, 0.3) is 0 Å². The molecule has 1 aromatic carbocycles. The Morgan fingerprint density at radius 3 is 2.52 bits per heavy atom. The number of benzene rings is 1. The van der Waals surface area contributed by atoms with Gasteiger partial charge in [0.15, 0.2) is 11.8 Å². The summed E-state index contributed by atoms with van der Waals surface area (Å²) in [5.41, 5.74) is 0.993. The van der Waals surface area contributed by atoms with Crippen molar-refractivity contribution in [2.45, 2.75) is 38.3 Å². The first-order chi connectivity index (χ1) is 15.0. The first-order valence-corrected chi connectivity index (χ1v) is 10.7. The molecular weight excluding hydrogens is 396 g/mol. The third kappa shape index (κ3) is 6.41. The molecule has 0 spiro atoms. The number of hydrogen-bond acceptors (Lipinski definition) is 6. The lowest BCUT2D eigenvalue weighted by Gasteiger charge is -2.36. The Kier molecular flexibility index (Phi) is 8.25. The Morgan fingerprint density at radius 2 is 1.90 bits per heavy atom. The third-order valence-corrected chi connectivity index (χ3v) is 5.84. The van der Waals surface area contributed by atoms with Crippen molar-refractivity contribution in [3.63, 3.8) is 0 Å². The fourth-order valence-electron chi connectivity index (χ4n) is 3.47. The molecule has 9 heteroatoms. The Labute approximate surface area is 184 Å². The maximum Gasteiger partial charge on any atom is 0.191 e. The fourth-order valence-corrected chi connectivity index (χ4v) is 3.47. The molecule has 0 amide bonds. The highest BCUT2D eigenvalue weighted by Crippen LogP contribution is 2.23. The van der Waals surface area contributed by atoms with Gasteiger partial charge in [-0.1, -0.05) is 12.1 Å². The van der Waals surface area contributed by atoms with Gasteiger partial charge in [-0.25, -0.2) is 4.99 Å². The van der Waals surface area contributed by atoms with Gasteiger partial charge in [0, 0.05) is 53.3 Å². The average Bonchev–Trinajstić information content (AvgIpc) is 3.13. The quantitative estimate of drug-likeness (QED) is 0.461. The second-order valence-corrected chi connectivity index (χ2v) is 7.77. The summed E-state index contributed by atoms with van der Waals surface area (Å²) in [5, 5.41) is 15.2. The number of nitrogens with one attached hydrogen (secondary N) is 2. The second-order valence-electron chi connectivity index (χ2n) is 7.77. The lowest BCUT2D eigenvalue weighted by Crippen LogP contribution is -2.51. The molecular formula is C22H34N6O3. The van der Waals surface area contributed by atoms with E-state index in [-0.39, 0.29) is 5.60 Å². The Balaban J connectivity index is 1.62. The molecule has 1 saturated heterocycles. The molecule has 0 aliphatic carbocycles. The van der Waals surface area contributed by atoms with Crippen LogP contribution in [-0.4, -0.2) is 66.8 Å². The molecule has 0 atom stereocenters. The summed E-state index contributed by atoms with van der Waals surface area (Å²) < 4.78 is 18.5. The van der Waals surface area contributed by atoms with Gasteiger partial charge in [-0.3, -0.25) is 0 Å². The number of methoxy groups -OCH3 is 2. The number of aryl methyl sites for hydroxylation is 1. The van der Waals surface area contributed by atoms with E-state index in [0.717, 1.165) is 49.2 Å². The molecule has 2 aromatic rings. The molecule has 0 unspecified atom stereocenters. The van der Waals surface area contributed by atoms with E-state index in [2.05, 4.69) is 33.0 Å². The van der Waals surface area contributed by atoms with Crippen molar-refractivity contribution in [1.82, 2.24) is 25.4 Å². The van der Waals surface area contributed by atoms with Crippen molar-refractivity contribution in [1.29, 1.82) is 0 Å². The summed E-state index contributed by atoms with van der Waals surface area (Å²) in [7, 11) is 5.39. The number of aromatic nitrogens is 3. The Morgan fingerprint density at radius 1 is 1.16 bits per heavy atom. The highest BCUT2D eigenvalue weighted by molar-refractivity contribution is 5.79. The van der Waals surface area contributed by atoms with Gasteiger partial charge in [-0.2, -0.15) is 0 Å². The van der Waals surface area contributed by atoms with Gasteiger partial charge >= 0.3 is 0 Å². The zero-order chi connectivity index (χ0) is 22.1. The smallest absolute Gasteiger partial charge is 0.191 e. The second kappa shape index (κ2) is 11.1. The van der Waals surface area contributed by atoms with Crippen molar-refractivity contribution in [2.24, 2.45) is 12.0 Å². The highest BCUT2D eigenvalue weighted by Gasteiger charge is 2.32. The molecule has 2 N–H and O–H groups in total. The number of aliphatic imine (C=N–C) groups is 1. The topological polar surface area (TPSA) is 94.8 Å². The standard InChI is InChI=1S/C22H34N6O3/c1-17-26-27-20(28(17)2)15-24-21(25-16-22(30-4)10-13-31-14-11-22)23-12-9-18-5-7-19(29-3)8-6-18/h5-8H,9-16H2,1-4H3,(H2,23,24,25). The zero-order valence-corrected chi connectivity index (χ0v) is 19.0. The third-order valence-electron chi connectivity index (χ3n) is 5.84. The van der Waals surface area contributed by atoms with E-state index in [0.29, 0.717) is 26.3 Å². The summed E-state index contributed by atoms with van der Waals surface area (Å²) in [5.74, 6) is 3.28. The lowest BCUT2D eigenvalue weighted by molar-refractivity contribution is -0.0855. The van der Waals surface area contributed by atoms with Gasteiger partial charge in [0.2, 0.25) is 0 Å². The number of nitrogens with zero attached hydrogens (tertiary/aromatic N) is 4. The first kappa shape index (κ1) is 23.0. The minimum absolute atomic E-state index is 0.238. The zero-order valence-electron chi connectivity index (χ0n) is 19.0. The first-order valence-electron chi connectivity index (χ1n) is 10.7. The molecule has 9 nitrogen and oxygen atoms in total. The number of hydrogen-bond donors (Lipinski definition) is 2. The van der Waals surface area contributed by atoms with Crippen LogP contribution in [0.25, 0.3) is 0 Å². The summed E-state index contributed by atoms with van der Waals surface area (Å²) in [6.45, 7) is 5.21. The monoisotopic (exact) mass is 430 g/mol. The average molecular weight is 431 g/mol. The van der Waals surface area contributed by atoms with E-state index < -0.39 is 0 Å². The summed E-state index contributed by atoms with van der Waals surface area (Å²) >= 11 is 0. The SMILES string of the molecule is COc1ccc(CCNC(=NCc2nnc(C)n2C)NCC2(OC)CCOCC2)cc1. The maximum atomic E-state index is 5.85. The van der Waals surface area contributed by atoms with Crippen LogP contribution in [0.2, 0.25) is 0 Å². The van der Waals surface area contributed by atoms with Crippen molar-refractivity contribution in [3.05, 3.63) is 41.5 Å². The number of rotatable bonds is 9. The van der Waals surface area contributed by atoms with Crippen LogP contribution in [0.15, 0.2) is 29.3 Å². The van der Waals surface area contributed by atoms with E-state index in [1.807, 2.05) is 30.7 Å². The molecule has 1 fully saturated rings. The summed E-state index contributed by atoms with van der Waals surface area (Å²) in [6.07, 6.45) is 2.59. The minimum Gasteiger partial charge on any atom is -0.497 e. The molecule has 0 bridgehead atoms. The van der Waals surface area contributed by atoms with Crippen LogP contribution in [0.5, 0.6) is 5.75 Å². The number of guanidine groups is 1. The van der Waals surface area contributed by atoms with Crippen molar-refractivity contribution < 1.29 is 14.2 Å². The molecule has 1 aliphatic rings. The maximum absolute atomic E-state index is 5.85. The van der Waals surface area contributed by atoms with Gasteiger partial charge in [0.1, 0.15) is 18.1 Å². The van der Waals surface area contributed by atoms with Gasteiger partial charge in [0.05, 0.1) is 12.7 Å². The van der Waals surface area contributed by atoms with E-state index >= 15 is 0 Å². The van der Waals surface area contributed by atoms with Crippen molar-refractivity contribution >= 4 is 5.96 Å². The van der Waals surface area contributed by atoms with Crippen LogP contribution < -0.4 is 15.4 Å². The van der Waals surface area contributed by atoms with Crippen LogP contribution in [0.1, 0.15) is 30.1 Å². The molecule has 1 aromatic heterocycles. The summed E-state index contributed by atoms with van der Waals surface area (Å²) in [6, 6.07) is 8.11. The highest BCUT2D eigenvalue weighted by atomic mass is 16.5. The molecule has 3 rings (SSSR count). The van der Waals surface area contributed by atoms with Gasteiger partial charge < -0.3 is 29.4 Å². The van der Waals surface area contributed by atoms with E-state index in [4.69, 9.17) is 19.2 Å². The largest absolute Gasteiger partial charge is 0.497 e. The fraction of sp³-hybridized carbons (Fsp3) is 0.591. The summed E-state index contributed by atoms with van der Waals surface area (Å²) in [4.78, 5) is 4.74. The lowest BCUT2D eigenvalue weighted by atomic mass is 9.94. The number of ether oxygens (including phenoxy) is 3. The normalized spacial score (nSPS) is 16.2. The van der Waals surface area contributed by atoms with Crippen molar-refractivity contribution in [2.75, 3.05) is 40.5 Å². The Hall–Kier alpha value is -2.65. The molecule has 1 aliphatic heterocycles. The molecule has 31 heavy (non-hydrogen) atoms. The van der Waals surface area contributed by atoms with Crippen LogP contribution in [0, 0.1) is 6.92 Å². The predicted molar refractivity (Wildman–Crippen MR) is 119 cm³/mol. The van der Waals surface area contributed by atoms with Crippen LogP contribution in [0.3, 0.4) is 0 Å². The van der Waals surface area contributed by atoms with Gasteiger partial charge in [-0.15, -0.1) is 10.2 Å². The van der Waals surface area contributed by atoms with Crippen LogP contribution in [0.4, 0.5) is 0 Å². The van der Waals surface area contributed by atoms with Crippen molar-refractivity contribution in [3.8, 4) is 5.75 Å². The molecule has 0 saturated carbocycles. The van der Waals surface area contributed by atoms with Crippen LogP contribution in [-0.2, 0) is 29.5 Å². The van der Waals surface area contributed by atoms with E-state index in [1.54, 1.807) is 14.2 Å². The molecule has 170 valence electrons. The van der Waals surface area contributed by atoms with Gasteiger partial charge in [-0.05, 0) is 31.0 Å². The van der Waals surface area contributed by atoms with E-state index in [9.17, 15) is 0 Å². The molecule has 2 heterocycles. The Bertz CT molecular complexity index is 843. The van der Waals surface area contributed by atoms with Crippen LogP contribution >= 0.6 is 0 Å². The minimum atomic E-state index is -0.238. The van der Waals surface area contributed by atoms with E-state index in [1.165, 1.54) is 5.56 Å². The predicted octanol–water partition coefficient (Wildman–Crippen LogP) is 1.61. The molecule has 0 radical (unpaired) electrons.